The van der Waals surface area contributed by atoms with Crippen LogP contribution in [0.5, 0.6) is 0 Å². The molecule has 1 aliphatic heterocycles. The minimum atomic E-state index is 0.164. The summed E-state index contributed by atoms with van der Waals surface area (Å²) in [5.74, 6) is 0.164. The highest BCUT2D eigenvalue weighted by atomic mass is 16.2. The molecule has 20 heavy (non-hydrogen) atoms. The van der Waals surface area contributed by atoms with Crippen LogP contribution >= 0.6 is 0 Å². The fourth-order valence-electron chi connectivity index (χ4n) is 2.93. The first kappa shape index (κ1) is 15.0. The zero-order valence-electron chi connectivity index (χ0n) is 12.9. The number of hydrogen-bond acceptors (Lipinski definition) is 2. The van der Waals surface area contributed by atoms with Crippen LogP contribution in [-0.2, 0) is 0 Å². The van der Waals surface area contributed by atoms with Crippen LogP contribution in [0, 0.1) is 13.8 Å². The minimum Gasteiger partial charge on any atom is -0.337 e. The lowest BCUT2D eigenvalue weighted by atomic mass is 10.0. The van der Waals surface area contributed by atoms with Crippen LogP contribution in [0.25, 0.3) is 0 Å². The van der Waals surface area contributed by atoms with E-state index in [-0.39, 0.29) is 5.91 Å². The van der Waals surface area contributed by atoms with Gasteiger partial charge in [0.2, 0.25) is 0 Å². The lowest BCUT2D eigenvalue weighted by molar-refractivity contribution is 0.0741. The molecule has 1 aromatic rings. The van der Waals surface area contributed by atoms with Gasteiger partial charge in [-0.1, -0.05) is 24.1 Å². The lowest BCUT2D eigenvalue weighted by Crippen LogP contribution is -2.45. The van der Waals surface area contributed by atoms with E-state index in [0.29, 0.717) is 6.04 Å². The van der Waals surface area contributed by atoms with E-state index in [1.807, 2.05) is 24.0 Å². The van der Waals surface area contributed by atoms with Crippen LogP contribution in [0.3, 0.4) is 0 Å². The monoisotopic (exact) mass is 274 g/mol. The van der Waals surface area contributed by atoms with E-state index < -0.39 is 0 Å². The molecule has 1 N–H and O–H groups in total. The molecule has 1 atom stereocenters. The van der Waals surface area contributed by atoms with E-state index in [9.17, 15) is 4.79 Å². The van der Waals surface area contributed by atoms with Gasteiger partial charge in [-0.3, -0.25) is 4.79 Å². The van der Waals surface area contributed by atoms with Crippen molar-refractivity contribution in [2.45, 2.75) is 46.1 Å². The average Bonchev–Trinajstić information content (AvgIpc) is 2.45. The van der Waals surface area contributed by atoms with Gasteiger partial charge < -0.3 is 10.2 Å². The number of nitrogens with zero attached hydrogens (tertiary/aromatic N) is 1. The first-order chi connectivity index (χ1) is 9.61. The van der Waals surface area contributed by atoms with Crippen molar-refractivity contribution in [3.8, 4) is 0 Å². The zero-order chi connectivity index (χ0) is 14.5. The summed E-state index contributed by atoms with van der Waals surface area (Å²) in [7, 11) is 0. The molecule has 0 saturated carbocycles. The van der Waals surface area contributed by atoms with Crippen molar-refractivity contribution in [2.75, 3.05) is 19.6 Å². The SMILES string of the molecule is CCN(CC1CCCCN1)C(=O)c1ccc(C)cc1C. The first-order valence-corrected chi connectivity index (χ1v) is 7.71. The molecule has 0 bridgehead atoms. The molecule has 2 rings (SSSR count). The van der Waals surface area contributed by atoms with Crippen molar-refractivity contribution >= 4 is 5.91 Å². The maximum absolute atomic E-state index is 12.7. The number of rotatable bonds is 4. The van der Waals surface area contributed by atoms with E-state index in [0.717, 1.165) is 30.8 Å². The zero-order valence-corrected chi connectivity index (χ0v) is 12.9. The average molecular weight is 274 g/mol. The Kier molecular flexibility index (Phi) is 5.18. The van der Waals surface area contributed by atoms with Crippen LogP contribution in [0.4, 0.5) is 0 Å². The van der Waals surface area contributed by atoms with Crippen LogP contribution in [-0.4, -0.2) is 36.5 Å². The summed E-state index contributed by atoms with van der Waals surface area (Å²) in [5, 5.41) is 3.52. The van der Waals surface area contributed by atoms with Crippen LogP contribution < -0.4 is 5.32 Å². The third-order valence-corrected chi connectivity index (χ3v) is 4.13. The fourth-order valence-corrected chi connectivity index (χ4v) is 2.93. The molecule has 0 radical (unpaired) electrons. The molecule has 1 aliphatic rings. The second-order valence-electron chi connectivity index (χ2n) is 5.81. The number of hydrogen-bond donors (Lipinski definition) is 1. The van der Waals surface area contributed by atoms with Gasteiger partial charge in [-0.15, -0.1) is 0 Å². The summed E-state index contributed by atoms with van der Waals surface area (Å²) in [5.41, 5.74) is 3.12. The highest BCUT2D eigenvalue weighted by Crippen LogP contribution is 2.15. The number of carbonyl (C=O) groups excluding carboxylic acids is 1. The van der Waals surface area contributed by atoms with E-state index >= 15 is 0 Å². The smallest absolute Gasteiger partial charge is 0.254 e. The standard InChI is InChI=1S/C17H26N2O/c1-4-19(12-15-7-5-6-10-18-15)17(20)16-9-8-13(2)11-14(16)3/h8-9,11,15,18H,4-7,10,12H2,1-3H3. The van der Waals surface area contributed by atoms with Crippen LogP contribution in [0.1, 0.15) is 47.7 Å². The summed E-state index contributed by atoms with van der Waals surface area (Å²) in [6, 6.07) is 6.52. The second kappa shape index (κ2) is 6.89. The van der Waals surface area contributed by atoms with E-state index in [1.54, 1.807) is 0 Å². The highest BCUT2D eigenvalue weighted by Gasteiger charge is 2.21. The van der Waals surface area contributed by atoms with Crippen LogP contribution in [0.15, 0.2) is 18.2 Å². The molecule has 1 aromatic carbocycles. The van der Waals surface area contributed by atoms with E-state index in [2.05, 4.69) is 25.2 Å². The molecule has 0 aliphatic carbocycles. The van der Waals surface area contributed by atoms with Crippen molar-refractivity contribution in [2.24, 2.45) is 0 Å². The summed E-state index contributed by atoms with van der Waals surface area (Å²) < 4.78 is 0. The maximum atomic E-state index is 12.7. The van der Waals surface area contributed by atoms with Crippen molar-refractivity contribution < 1.29 is 4.79 Å². The third kappa shape index (κ3) is 3.60. The van der Waals surface area contributed by atoms with Crippen molar-refractivity contribution in [3.63, 3.8) is 0 Å². The Morgan fingerprint density at radius 3 is 2.75 bits per heavy atom. The number of amides is 1. The topological polar surface area (TPSA) is 32.3 Å². The molecule has 1 heterocycles. The number of benzene rings is 1. The van der Waals surface area contributed by atoms with Gasteiger partial charge in [0.15, 0.2) is 0 Å². The quantitative estimate of drug-likeness (QED) is 0.915. The predicted octanol–water partition coefficient (Wildman–Crippen LogP) is 2.91. The molecule has 3 heteroatoms. The molecule has 110 valence electrons. The van der Waals surface area contributed by atoms with Gasteiger partial charge >= 0.3 is 0 Å². The molecule has 0 aromatic heterocycles. The molecule has 1 amide bonds. The normalized spacial score (nSPS) is 18.9. The Morgan fingerprint density at radius 2 is 2.15 bits per heavy atom. The van der Waals surface area contributed by atoms with Gasteiger partial charge in [-0.25, -0.2) is 0 Å². The third-order valence-electron chi connectivity index (χ3n) is 4.13. The summed E-state index contributed by atoms with van der Waals surface area (Å²) in [6.45, 7) is 8.81. The Balaban J connectivity index is 2.07. The number of carbonyl (C=O) groups is 1. The highest BCUT2D eigenvalue weighted by molar-refractivity contribution is 5.95. The van der Waals surface area contributed by atoms with E-state index in [4.69, 9.17) is 0 Å². The number of piperidine rings is 1. The summed E-state index contributed by atoms with van der Waals surface area (Å²) in [4.78, 5) is 14.7. The Bertz CT molecular complexity index is 464. The van der Waals surface area contributed by atoms with Gasteiger partial charge in [0.05, 0.1) is 0 Å². The van der Waals surface area contributed by atoms with Gasteiger partial charge in [0, 0.05) is 24.7 Å². The van der Waals surface area contributed by atoms with Crippen molar-refractivity contribution in [1.82, 2.24) is 10.2 Å². The predicted molar refractivity (Wildman–Crippen MR) is 83.1 cm³/mol. The van der Waals surface area contributed by atoms with E-state index in [1.165, 1.54) is 24.8 Å². The Morgan fingerprint density at radius 1 is 1.35 bits per heavy atom. The molecule has 3 nitrogen and oxygen atoms in total. The van der Waals surface area contributed by atoms with Crippen LogP contribution in [0.2, 0.25) is 0 Å². The summed E-state index contributed by atoms with van der Waals surface area (Å²) >= 11 is 0. The van der Waals surface area contributed by atoms with Crippen molar-refractivity contribution in [1.29, 1.82) is 0 Å². The largest absolute Gasteiger partial charge is 0.337 e. The number of aryl methyl sites for hydroxylation is 2. The Hall–Kier alpha value is -1.35. The first-order valence-electron chi connectivity index (χ1n) is 7.71. The van der Waals surface area contributed by atoms with Gasteiger partial charge in [-0.2, -0.15) is 0 Å². The molecule has 1 unspecified atom stereocenters. The Labute approximate surface area is 122 Å². The molecular formula is C17H26N2O. The van der Waals surface area contributed by atoms with Gasteiger partial charge in [0.25, 0.3) is 5.91 Å². The van der Waals surface area contributed by atoms with Gasteiger partial charge in [0.1, 0.15) is 0 Å². The molecule has 0 spiro atoms. The second-order valence-corrected chi connectivity index (χ2v) is 5.81. The lowest BCUT2D eigenvalue weighted by Gasteiger charge is -2.30. The number of likely N-dealkylation sites (N-methyl/N-ethyl adjacent to an activating group) is 1. The minimum absolute atomic E-state index is 0.164. The molecule has 1 fully saturated rings. The number of nitrogens with one attached hydrogen (secondary N) is 1. The molecule has 1 saturated heterocycles. The van der Waals surface area contributed by atoms with Gasteiger partial charge in [-0.05, 0) is 51.8 Å². The summed E-state index contributed by atoms with van der Waals surface area (Å²) in [6.07, 6.45) is 3.71. The molecular weight excluding hydrogens is 248 g/mol. The van der Waals surface area contributed by atoms with Crippen molar-refractivity contribution in [3.05, 3.63) is 34.9 Å². The maximum Gasteiger partial charge on any atom is 0.254 e. The fraction of sp³-hybridized carbons (Fsp3) is 0.588.